The largest absolute Gasteiger partial charge is 0.586 e. The smallest absolute Gasteiger partial charge is 0.484 e. The third-order valence-corrected chi connectivity index (χ3v) is 5.48. The van der Waals surface area contributed by atoms with Gasteiger partial charge in [-0.3, -0.25) is 14.6 Å². The van der Waals surface area contributed by atoms with Gasteiger partial charge >= 0.3 is 6.29 Å². The van der Waals surface area contributed by atoms with Crippen LogP contribution in [0.4, 0.5) is 8.78 Å². The maximum atomic E-state index is 13.0. The van der Waals surface area contributed by atoms with Gasteiger partial charge in [0.15, 0.2) is 18.1 Å². The fraction of sp³-hybridized carbons (Fsp3) is 0.350. The van der Waals surface area contributed by atoms with Crippen LogP contribution in [0.1, 0.15) is 29.6 Å². The van der Waals surface area contributed by atoms with Crippen molar-refractivity contribution in [3.63, 3.8) is 0 Å². The van der Waals surface area contributed by atoms with Crippen molar-refractivity contribution in [3.05, 3.63) is 48.3 Å². The Balaban J connectivity index is 1.09. The van der Waals surface area contributed by atoms with Crippen LogP contribution in [0.5, 0.6) is 17.2 Å². The quantitative estimate of drug-likeness (QED) is 0.746. The van der Waals surface area contributed by atoms with Crippen molar-refractivity contribution in [2.45, 2.75) is 36.6 Å². The highest BCUT2D eigenvalue weighted by Crippen LogP contribution is 2.60. The maximum absolute atomic E-state index is 13.0. The molecular formula is C20H17F2N3O5. The first kappa shape index (κ1) is 18.6. The second kappa shape index (κ2) is 6.28. The van der Waals surface area contributed by atoms with E-state index >= 15 is 0 Å². The highest BCUT2D eigenvalue weighted by molar-refractivity contribution is 5.94. The summed E-state index contributed by atoms with van der Waals surface area (Å²) in [6.45, 7) is -0.271. The van der Waals surface area contributed by atoms with E-state index in [0.29, 0.717) is 24.8 Å². The summed E-state index contributed by atoms with van der Waals surface area (Å²) in [4.78, 5) is 28.4. The molecule has 1 aliphatic heterocycles. The number of alkyl halides is 2. The molecule has 3 fully saturated rings. The van der Waals surface area contributed by atoms with Crippen LogP contribution in [-0.2, 0) is 4.79 Å². The van der Waals surface area contributed by atoms with E-state index in [0.717, 1.165) is 0 Å². The van der Waals surface area contributed by atoms with E-state index in [9.17, 15) is 18.4 Å². The molecule has 2 aromatic rings. The normalized spacial score (nSPS) is 26.7. The summed E-state index contributed by atoms with van der Waals surface area (Å²) in [5.74, 6) is -0.541. The minimum Gasteiger partial charge on any atom is -0.484 e. The van der Waals surface area contributed by atoms with Crippen molar-refractivity contribution in [1.82, 2.24) is 15.6 Å². The van der Waals surface area contributed by atoms with Crippen molar-refractivity contribution in [2.24, 2.45) is 0 Å². The molecule has 3 saturated carbocycles. The first-order chi connectivity index (χ1) is 14.3. The Kier molecular flexibility index (Phi) is 3.89. The van der Waals surface area contributed by atoms with Crippen molar-refractivity contribution in [1.29, 1.82) is 0 Å². The number of ether oxygens (including phenoxy) is 3. The third kappa shape index (κ3) is 3.27. The fourth-order valence-electron chi connectivity index (χ4n) is 4.36. The molecule has 4 aliphatic rings. The second-order valence-electron chi connectivity index (χ2n) is 7.90. The van der Waals surface area contributed by atoms with Crippen LogP contribution in [0.25, 0.3) is 0 Å². The topological polar surface area (TPSA) is 98.8 Å². The Morgan fingerprint density at radius 3 is 2.53 bits per heavy atom. The minimum atomic E-state index is -3.70. The van der Waals surface area contributed by atoms with Crippen LogP contribution in [0, 0.1) is 0 Å². The van der Waals surface area contributed by atoms with Crippen LogP contribution in [-0.4, -0.2) is 40.8 Å². The van der Waals surface area contributed by atoms with Crippen molar-refractivity contribution >= 4 is 11.8 Å². The standard InChI is InChI=1S/C20H17F2N3O5/c21-20(22)29-14-4-3-13(6-15(14)30-20)28-8-16(26)24-18-9-19(10-18,11-18)25-17(27)12-2-1-5-23-7-12/h1-7H,8-11H2,(H,24,26)(H,25,27). The lowest BCUT2D eigenvalue weighted by Gasteiger charge is -2.70. The summed E-state index contributed by atoms with van der Waals surface area (Å²) in [5, 5.41) is 5.94. The lowest BCUT2D eigenvalue weighted by molar-refractivity contribution is -0.286. The van der Waals surface area contributed by atoms with Crippen LogP contribution < -0.4 is 24.8 Å². The average Bonchev–Trinajstić information content (AvgIpc) is 2.97. The number of carbonyl (C=O) groups is 2. The molecule has 0 radical (unpaired) electrons. The van der Waals surface area contributed by atoms with Crippen molar-refractivity contribution in [3.8, 4) is 17.2 Å². The number of fused-ring (bicyclic) bond motifs is 1. The Bertz CT molecular complexity index is 1010. The van der Waals surface area contributed by atoms with Crippen LogP contribution in [0.2, 0.25) is 0 Å². The predicted molar refractivity (Wildman–Crippen MR) is 97.3 cm³/mol. The van der Waals surface area contributed by atoms with Gasteiger partial charge in [0.2, 0.25) is 0 Å². The Hall–Kier alpha value is -3.43. The van der Waals surface area contributed by atoms with Crippen molar-refractivity contribution < 1.29 is 32.6 Å². The molecule has 0 atom stereocenters. The van der Waals surface area contributed by atoms with Gasteiger partial charge in [0.05, 0.1) is 5.56 Å². The highest BCUT2D eigenvalue weighted by atomic mass is 19.3. The monoisotopic (exact) mass is 417 g/mol. The molecule has 10 heteroatoms. The van der Waals surface area contributed by atoms with E-state index in [4.69, 9.17) is 4.74 Å². The zero-order valence-corrected chi connectivity index (χ0v) is 15.6. The molecule has 2 N–H and O–H groups in total. The Morgan fingerprint density at radius 1 is 1.07 bits per heavy atom. The minimum absolute atomic E-state index is 0.0932. The SMILES string of the molecule is O=C(COc1ccc2c(c1)OC(F)(F)O2)NC12CC(NC(=O)c3cccnc3)(C1)C2. The molecule has 6 rings (SSSR count). The van der Waals surface area contributed by atoms with Gasteiger partial charge in [-0.25, -0.2) is 0 Å². The molecule has 2 amide bonds. The molecule has 0 saturated heterocycles. The third-order valence-electron chi connectivity index (χ3n) is 5.48. The summed E-state index contributed by atoms with van der Waals surface area (Å²) >= 11 is 0. The van der Waals surface area contributed by atoms with E-state index in [-0.39, 0.29) is 46.7 Å². The predicted octanol–water partition coefficient (Wildman–Crippen LogP) is 2.00. The molecule has 30 heavy (non-hydrogen) atoms. The van der Waals surface area contributed by atoms with Gasteiger partial charge in [0.1, 0.15) is 5.75 Å². The summed E-state index contributed by atoms with van der Waals surface area (Å²) < 4.78 is 40.1. The average molecular weight is 417 g/mol. The van der Waals surface area contributed by atoms with Gasteiger partial charge < -0.3 is 24.8 Å². The number of benzene rings is 1. The molecule has 1 aromatic heterocycles. The summed E-state index contributed by atoms with van der Waals surface area (Å²) in [6.07, 6.45) is 1.35. The molecule has 1 aromatic carbocycles. The number of hydrogen-bond acceptors (Lipinski definition) is 6. The summed E-state index contributed by atoms with van der Waals surface area (Å²) in [7, 11) is 0. The molecule has 2 heterocycles. The maximum Gasteiger partial charge on any atom is 0.586 e. The number of aromatic nitrogens is 1. The molecule has 8 nitrogen and oxygen atoms in total. The number of pyridine rings is 1. The summed E-state index contributed by atoms with van der Waals surface area (Å²) in [6, 6.07) is 7.35. The zero-order chi connectivity index (χ0) is 21.0. The lowest BCUT2D eigenvalue weighted by Crippen LogP contribution is -2.84. The molecule has 0 spiro atoms. The van der Waals surface area contributed by atoms with Gasteiger partial charge in [0.25, 0.3) is 11.8 Å². The van der Waals surface area contributed by atoms with Gasteiger partial charge in [-0.1, -0.05) is 0 Å². The number of rotatable bonds is 6. The van der Waals surface area contributed by atoms with E-state index in [2.05, 4.69) is 25.1 Å². The van der Waals surface area contributed by atoms with Crippen LogP contribution in [0.15, 0.2) is 42.7 Å². The van der Waals surface area contributed by atoms with Gasteiger partial charge in [-0.15, -0.1) is 8.78 Å². The van der Waals surface area contributed by atoms with E-state index < -0.39 is 6.29 Å². The number of carbonyl (C=O) groups excluding carboxylic acids is 2. The lowest BCUT2D eigenvalue weighted by atomic mass is 9.44. The fourth-order valence-corrected chi connectivity index (χ4v) is 4.36. The highest BCUT2D eigenvalue weighted by Gasteiger charge is 2.69. The molecule has 3 aliphatic carbocycles. The van der Waals surface area contributed by atoms with Gasteiger partial charge in [-0.2, -0.15) is 0 Å². The molecule has 0 unspecified atom stereocenters. The number of nitrogens with one attached hydrogen (secondary N) is 2. The Morgan fingerprint density at radius 2 is 1.80 bits per heavy atom. The number of halogens is 2. The molecular weight excluding hydrogens is 400 g/mol. The second-order valence-corrected chi connectivity index (χ2v) is 7.90. The van der Waals surface area contributed by atoms with E-state index in [1.165, 1.54) is 24.4 Å². The first-order valence-corrected chi connectivity index (χ1v) is 9.32. The number of hydrogen-bond donors (Lipinski definition) is 2. The summed E-state index contributed by atoms with van der Waals surface area (Å²) in [5.41, 5.74) is -0.126. The molecule has 156 valence electrons. The zero-order valence-electron chi connectivity index (χ0n) is 15.6. The van der Waals surface area contributed by atoms with E-state index in [1.54, 1.807) is 18.3 Å². The van der Waals surface area contributed by atoms with Gasteiger partial charge in [-0.05, 0) is 43.5 Å². The van der Waals surface area contributed by atoms with Crippen LogP contribution >= 0.6 is 0 Å². The first-order valence-electron chi connectivity index (χ1n) is 9.32. The van der Waals surface area contributed by atoms with Crippen LogP contribution in [0.3, 0.4) is 0 Å². The van der Waals surface area contributed by atoms with Gasteiger partial charge in [0, 0.05) is 29.5 Å². The Labute approximate surface area is 169 Å². The number of amides is 2. The molecule has 2 bridgehead atoms. The van der Waals surface area contributed by atoms with E-state index in [1.807, 2.05) is 0 Å². The van der Waals surface area contributed by atoms with Crippen molar-refractivity contribution in [2.75, 3.05) is 6.61 Å². The number of nitrogens with zero attached hydrogens (tertiary/aromatic N) is 1.